The summed E-state index contributed by atoms with van der Waals surface area (Å²) >= 11 is 6.03. The lowest BCUT2D eigenvalue weighted by atomic mass is 9.87. The number of halogens is 1. The van der Waals surface area contributed by atoms with Crippen LogP contribution in [0.15, 0.2) is 59.8 Å². The third-order valence-corrected chi connectivity index (χ3v) is 5.98. The van der Waals surface area contributed by atoms with Crippen LogP contribution in [0.5, 0.6) is 0 Å². The van der Waals surface area contributed by atoms with Crippen LogP contribution in [0.25, 0.3) is 0 Å². The summed E-state index contributed by atoms with van der Waals surface area (Å²) in [7, 11) is 0. The monoisotopic (exact) mass is 412 g/mol. The molecule has 1 saturated heterocycles. The van der Waals surface area contributed by atoms with Crippen LogP contribution in [-0.4, -0.2) is 40.8 Å². The van der Waals surface area contributed by atoms with Crippen LogP contribution in [0.3, 0.4) is 0 Å². The highest BCUT2D eigenvalue weighted by Crippen LogP contribution is 2.31. The number of nitrogens with zero attached hydrogens (tertiary/aromatic N) is 2. The van der Waals surface area contributed by atoms with E-state index < -0.39 is 12.2 Å². The van der Waals surface area contributed by atoms with E-state index in [9.17, 15) is 9.90 Å². The van der Waals surface area contributed by atoms with Crippen molar-refractivity contribution < 1.29 is 14.7 Å². The first kappa shape index (κ1) is 19.9. The lowest BCUT2D eigenvalue weighted by Crippen LogP contribution is -2.44. The van der Waals surface area contributed by atoms with E-state index in [2.05, 4.69) is 5.16 Å². The minimum atomic E-state index is -0.542. The SMILES string of the molecule is O=C([C@@H]1CC(Cc2cccc(Cl)c2)=NO1)N1CCC([C@H](O)c2ccccc2)CC1. The number of hydrogen-bond donors (Lipinski definition) is 1. The predicted octanol–water partition coefficient (Wildman–Crippen LogP) is 4.00. The fourth-order valence-electron chi connectivity index (χ4n) is 4.11. The Labute approximate surface area is 175 Å². The van der Waals surface area contributed by atoms with Crippen molar-refractivity contribution in [3.8, 4) is 0 Å². The molecule has 0 spiro atoms. The van der Waals surface area contributed by atoms with Crippen molar-refractivity contribution in [2.45, 2.75) is 37.9 Å². The van der Waals surface area contributed by atoms with Crippen LogP contribution in [0.1, 0.15) is 36.5 Å². The van der Waals surface area contributed by atoms with E-state index in [0.717, 1.165) is 29.7 Å². The third kappa shape index (κ3) is 4.80. The Hall–Kier alpha value is -2.37. The molecule has 2 heterocycles. The summed E-state index contributed by atoms with van der Waals surface area (Å²) in [6.45, 7) is 1.27. The van der Waals surface area contributed by atoms with Crippen molar-refractivity contribution in [1.82, 2.24) is 4.90 Å². The Kier molecular flexibility index (Phi) is 6.16. The van der Waals surface area contributed by atoms with E-state index in [4.69, 9.17) is 16.4 Å². The zero-order valence-electron chi connectivity index (χ0n) is 16.2. The normalized spacial score (nSPS) is 20.8. The maximum Gasteiger partial charge on any atom is 0.266 e. The Bertz CT molecular complexity index is 879. The molecular formula is C23H25ClN2O3. The second kappa shape index (κ2) is 8.97. The van der Waals surface area contributed by atoms with E-state index >= 15 is 0 Å². The lowest BCUT2D eigenvalue weighted by Gasteiger charge is -2.35. The van der Waals surface area contributed by atoms with E-state index in [-0.39, 0.29) is 11.8 Å². The maximum absolute atomic E-state index is 12.8. The molecule has 1 fully saturated rings. The van der Waals surface area contributed by atoms with Gasteiger partial charge in [0.05, 0.1) is 11.8 Å². The van der Waals surface area contributed by atoms with Gasteiger partial charge in [-0.1, -0.05) is 59.2 Å². The van der Waals surface area contributed by atoms with Crippen LogP contribution >= 0.6 is 11.6 Å². The number of aliphatic hydroxyl groups is 1. The molecule has 29 heavy (non-hydrogen) atoms. The van der Waals surface area contributed by atoms with Gasteiger partial charge in [0.1, 0.15) is 0 Å². The Balaban J connectivity index is 1.27. The van der Waals surface area contributed by atoms with Gasteiger partial charge in [0.2, 0.25) is 6.10 Å². The summed E-state index contributed by atoms with van der Waals surface area (Å²) in [6, 6.07) is 17.4. The number of aliphatic hydroxyl groups excluding tert-OH is 1. The lowest BCUT2D eigenvalue weighted by molar-refractivity contribution is -0.144. The minimum absolute atomic E-state index is 0.0116. The van der Waals surface area contributed by atoms with Crippen LogP contribution in [0.4, 0.5) is 0 Å². The number of piperidine rings is 1. The predicted molar refractivity (Wildman–Crippen MR) is 113 cm³/mol. The van der Waals surface area contributed by atoms with Crippen molar-refractivity contribution in [3.05, 3.63) is 70.7 Å². The molecule has 0 unspecified atom stereocenters. The topological polar surface area (TPSA) is 62.1 Å². The minimum Gasteiger partial charge on any atom is -0.388 e. The number of carbonyl (C=O) groups excluding carboxylic acids is 1. The molecule has 2 aliphatic heterocycles. The van der Waals surface area contributed by atoms with Gasteiger partial charge in [-0.15, -0.1) is 0 Å². The van der Waals surface area contributed by atoms with Gasteiger partial charge >= 0.3 is 0 Å². The van der Waals surface area contributed by atoms with Crippen molar-refractivity contribution in [3.63, 3.8) is 0 Å². The molecule has 0 aliphatic carbocycles. The number of rotatable bonds is 5. The van der Waals surface area contributed by atoms with E-state index in [1.54, 1.807) is 0 Å². The summed E-state index contributed by atoms with van der Waals surface area (Å²) < 4.78 is 0. The van der Waals surface area contributed by atoms with Gasteiger partial charge in [0, 0.05) is 31.0 Å². The Morgan fingerprint density at radius 3 is 2.66 bits per heavy atom. The molecule has 0 bridgehead atoms. The zero-order valence-corrected chi connectivity index (χ0v) is 17.0. The molecular weight excluding hydrogens is 388 g/mol. The third-order valence-electron chi connectivity index (χ3n) is 5.74. The second-order valence-electron chi connectivity index (χ2n) is 7.78. The van der Waals surface area contributed by atoms with Crippen molar-refractivity contribution in [1.29, 1.82) is 0 Å². The molecule has 4 rings (SSSR count). The van der Waals surface area contributed by atoms with Gasteiger partial charge in [-0.3, -0.25) is 4.79 Å². The van der Waals surface area contributed by atoms with Gasteiger partial charge in [-0.05, 0) is 42.0 Å². The van der Waals surface area contributed by atoms with E-state index in [1.165, 1.54) is 0 Å². The van der Waals surface area contributed by atoms with Gasteiger partial charge in [-0.2, -0.15) is 0 Å². The average molecular weight is 413 g/mol. The molecule has 2 atom stereocenters. The molecule has 6 heteroatoms. The van der Waals surface area contributed by atoms with Gasteiger partial charge < -0.3 is 14.8 Å². The van der Waals surface area contributed by atoms with Gasteiger partial charge in [0.15, 0.2) is 0 Å². The van der Waals surface area contributed by atoms with Crippen LogP contribution < -0.4 is 0 Å². The van der Waals surface area contributed by atoms with Gasteiger partial charge in [0.25, 0.3) is 5.91 Å². The number of carbonyl (C=O) groups is 1. The molecule has 1 N–H and O–H groups in total. The number of hydrogen-bond acceptors (Lipinski definition) is 4. The molecule has 0 radical (unpaired) electrons. The van der Waals surface area contributed by atoms with Crippen LogP contribution in [0, 0.1) is 5.92 Å². The van der Waals surface area contributed by atoms with Gasteiger partial charge in [-0.25, -0.2) is 0 Å². The van der Waals surface area contributed by atoms with Crippen molar-refractivity contribution in [2.24, 2.45) is 11.1 Å². The second-order valence-corrected chi connectivity index (χ2v) is 8.22. The van der Waals surface area contributed by atoms with Crippen LogP contribution in [-0.2, 0) is 16.1 Å². The highest BCUT2D eigenvalue weighted by atomic mass is 35.5. The molecule has 0 aromatic heterocycles. The molecule has 2 aromatic carbocycles. The molecule has 5 nitrogen and oxygen atoms in total. The molecule has 2 aromatic rings. The Morgan fingerprint density at radius 2 is 1.93 bits per heavy atom. The largest absolute Gasteiger partial charge is 0.388 e. The Morgan fingerprint density at radius 1 is 1.17 bits per heavy atom. The van der Waals surface area contributed by atoms with Crippen molar-refractivity contribution in [2.75, 3.05) is 13.1 Å². The van der Waals surface area contributed by atoms with Crippen molar-refractivity contribution >= 4 is 23.2 Å². The highest BCUT2D eigenvalue weighted by Gasteiger charge is 2.35. The standard InChI is InChI=1S/C23H25ClN2O3/c24-19-8-4-5-16(13-19)14-20-15-21(29-25-20)23(28)26-11-9-18(10-12-26)22(27)17-6-2-1-3-7-17/h1-8,13,18,21-22,27H,9-12,14-15H2/t21-,22+/m0/s1. The molecule has 0 saturated carbocycles. The fourth-order valence-corrected chi connectivity index (χ4v) is 4.32. The quantitative estimate of drug-likeness (QED) is 0.807. The summed E-state index contributed by atoms with van der Waals surface area (Å²) in [5.74, 6) is 0.156. The summed E-state index contributed by atoms with van der Waals surface area (Å²) in [5, 5.41) is 15.4. The molecule has 152 valence electrons. The highest BCUT2D eigenvalue weighted by molar-refractivity contribution is 6.30. The molecule has 2 aliphatic rings. The number of oxime groups is 1. The number of likely N-dealkylation sites (tertiary alicyclic amines) is 1. The first-order valence-electron chi connectivity index (χ1n) is 10.1. The maximum atomic E-state index is 12.8. The van der Waals surface area contributed by atoms with E-state index in [1.807, 2.05) is 59.5 Å². The summed E-state index contributed by atoms with van der Waals surface area (Å²) in [5.41, 5.74) is 2.86. The number of amides is 1. The first-order valence-corrected chi connectivity index (χ1v) is 10.5. The number of benzene rings is 2. The smallest absolute Gasteiger partial charge is 0.266 e. The first-order chi connectivity index (χ1) is 14.1. The van der Waals surface area contributed by atoms with E-state index in [0.29, 0.717) is 31.0 Å². The summed E-state index contributed by atoms with van der Waals surface area (Å²) in [6.07, 6.45) is 1.69. The fraction of sp³-hybridized carbons (Fsp3) is 0.391. The zero-order chi connectivity index (χ0) is 20.2. The molecule has 1 amide bonds. The van der Waals surface area contributed by atoms with Crippen LogP contribution in [0.2, 0.25) is 5.02 Å². The average Bonchev–Trinajstić information content (AvgIpc) is 3.22. The summed E-state index contributed by atoms with van der Waals surface area (Å²) in [4.78, 5) is 20.1.